The summed E-state index contributed by atoms with van der Waals surface area (Å²) in [6.45, 7) is 3.82. The first kappa shape index (κ1) is 24.7. The van der Waals surface area contributed by atoms with E-state index < -0.39 is 5.97 Å². The van der Waals surface area contributed by atoms with Gasteiger partial charge in [-0.2, -0.15) is 5.10 Å². The van der Waals surface area contributed by atoms with Gasteiger partial charge < -0.3 is 14.7 Å². The lowest BCUT2D eigenvalue weighted by Gasteiger charge is -2.25. The molecule has 0 bridgehead atoms. The first-order chi connectivity index (χ1) is 16.9. The highest BCUT2D eigenvalue weighted by Gasteiger charge is 2.38. The molecular weight excluding hydrogens is 488 g/mol. The fourth-order valence-electron chi connectivity index (χ4n) is 3.82. The number of carboxylic acids is 1. The minimum atomic E-state index is -1.06. The molecule has 2 aliphatic heterocycles. The van der Waals surface area contributed by atoms with E-state index in [1.165, 1.54) is 7.11 Å². The van der Waals surface area contributed by atoms with Crippen molar-refractivity contribution in [2.45, 2.75) is 32.4 Å². The molecule has 2 heterocycles. The number of thioether (sulfide) groups is 1. The Morgan fingerprint density at radius 1 is 1.26 bits per heavy atom. The summed E-state index contributed by atoms with van der Waals surface area (Å²) in [6, 6.07) is 14.8. The molecule has 0 aliphatic carbocycles. The van der Waals surface area contributed by atoms with E-state index in [0.29, 0.717) is 28.3 Å². The highest BCUT2D eigenvalue weighted by molar-refractivity contribution is 8.04. The van der Waals surface area contributed by atoms with Crippen LogP contribution in [0.3, 0.4) is 0 Å². The topological polar surface area (TPSA) is 87.0 Å². The predicted molar refractivity (Wildman–Crippen MR) is 140 cm³/mol. The first-order valence-corrected chi connectivity index (χ1v) is 12.1. The zero-order valence-corrected chi connectivity index (χ0v) is 21.1. The van der Waals surface area contributed by atoms with Gasteiger partial charge in [0.2, 0.25) is 0 Å². The summed E-state index contributed by atoms with van der Waals surface area (Å²) in [5.74, 6) is -0.738. The number of carboxylic acid groups (broad SMARTS) is 1. The van der Waals surface area contributed by atoms with E-state index in [2.05, 4.69) is 22.1 Å². The molecule has 35 heavy (non-hydrogen) atoms. The molecule has 2 aromatic carbocycles. The molecule has 1 unspecified atom stereocenters. The van der Waals surface area contributed by atoms with Crippen molar-refractivity contribution in [3.05, 3.63) is 81.0 Å². The largest absolute Gasteiger partial charge is 0.500 e. The van der Waals surface area contributed by atoms with E-state index >= 15 is 0 Å². The summed E-state index contributed by atoms with van der Waals surface area (Å²) in [7, 11) is 1.45. The summed E-state index contributed by atoms with van der Waals surface area (Å²) in [6.07, 6.45) is 4.05. The number of aliphatic carboxylic acids is 1. The van der Waals surface area contributed by atoms with Crippen LogP contribution in [0.25, 0.3) is 5.57 Å². The zero-order valence-electron chi connectivity index (χ0n) is 19.5. The van der Waals surface area contributed by atoms with Crippen LogP contribution >= 0.6 is 23.4 Å². The van der Waals surface area contributed by atoms with Gasteiger partial charge in [-0.1, -0.05) is 52.8 Å². The number of anilines is 1. The number of ether oxygens (including phenoxy) is 1. The quantitative estimate of drug-likeness (QED) is 0.199. The van der Waals surface area contributed by atoms with Gasteiger partial charge in [0.1, 0.15) is 24.3 Å². The number of hydrogen-bond acceptors (Lipinski definition) is 8. The molecule has 10 heteroatoms. The van der Waals surface area contributed by atoms with Crippen molar-refractivity contribution < 1.29 is 19.5 Å². The van der Waals surface area contributed by atoms with Crippen molar-refractivity contribution in [1.82, 2.24) is 5.01 Å². The Morgan fingerprint density at radius 2 is 2.00 bits per heavy atom. The van der Waals surface area contributed by atoms with Crippen LogP contribution in [0.15, 0.2) is 75.1 Å². The monoisotopic (exact) mass is 512 g/mol. The van der Waals surface area contributed by atoms with Crippen molar-refractivity contribution in [1.29, 1.82) is 0 Å². The van der Waals surface area contributed by atoms with Crippen molar-refractivity contribution in [3.8, 4) is 0 Å². The highest BCUT2D eigenvalue weighted by Crippen LogP contribution is 2.44. The molecule has 2 aliphatic rings. The average molecular weight is 513 g/mol. The second-order valence-corrected chi connectivity index (χ2v) is 9.48. The molecule has 2 aromatic rings. The van der Waals surface area contributed by atoms with E-state index in [0.717, 1.165) is 16.3 Å². The molecule has 4 rings (SSSR count). The smallest absolute Gasteiger partial charge is 0.339 e. The van der Waals surface area contributed by atoms with Crippen LogP contribution in [-0.4, -0.2) is 41.2 Å². The molecule has 0 aromatic heterocycles. The molecule has 1 atom stereocenters. The number of nitrogens with zero attached hydrogens (tertiary/aromatic N) is 4. The van der Waals surface area contributed by atoms with Gasteiger partial charge in [0, 0.05) is 33.8 Å². The van der Waals surface area contributed by atoms with Crippen LogP contribution in [0.4, 0.5) is 5.69 Å². The number of benzene rings is 2. The van der Waals surface area contributed by atoms with Crippen molar-refractivity contribution >= 4 is 53.1 Å². The van der Waals surface area contributed by atoms with Gasteiger partial charge in [0.05, 0.1) is 12.8 Å². The minimum absolute atomic E-state index is 0.0117. The summed E-state index contributed by atoms with van der Waals surface area (Å²) < 4.78 is 5.16. The van der Waals surface area contributed by atoms with Gasteiger partial charge >= 0.3 is 5.97 Å². The van der Waals surface area contributed by atoms with Crippen LogP contribution in [0.5, 0.6) is 0 Å². The van der Waals surface area contributed by atoms with E-state index in [1.54, 1.807) is 37.0 Å². The molecular formula is C25H25ClN4O4S. The van der Waals surface area contributed by atoms with Crippen LogP contribution in [-0.2, 0) is 21.0 Å². The number of halogens is 1. The van der Waals surface area contributed by atoms with Gasteiger partial charge in [-0.3, -0.25) is 4.90 Å². The normalized spacial score (nSPS) is 17.8. The summed E-state index contributed by atoms with van der Waals surface area (Å²) in [4.78, 5) is 20.6. The average Bonchev–Trinajstić information content (AvgIpc) is 3.38. The molecule has 0 saturated heterocycles. The van der Waals surface area contributed by atoms with Crippen molar-refractivity contribution in [3.63, 3.8) is 0 Å². The van der Waals surface area contributed by atoms with E-state index in [9.17, 15) is 9.90 Å². The molecule has 0 saturated carbocycles. The van der Waals surface area contributed by atoms with Gasteiger partial charge in [0.15, 0.2) is 5.50 Å². The summed E-state index contributed by atoms with van der Waals surface area (Å²) in [5.41, 5.74) is 3.42. The molecule has 1 N–H and O–H groups in total. The second-order valence-electron chi connectivity index (χ2n) is 7.77. The predicted octanol–water partition coefficient (Wildman–Crippen LogP) is 5.72. The van der Waals surface area contributed by atoms with Gasteiger partial charge in [-0.15, -0.1) is 0 Å². The minimum Gasteiger partial charge on any atom is -0.500 e. The molecule has 182 valence electrons. The maximum absolute atomic E-state index is 11.8. The maximum Gasteiger partial charge on any atom is 0.339 e. The number of fused-ring (bicyclic) bond motifs is 1. The van der Waals surface area contributed by atoms with Gasteiger partial charge in [-0.25, -0.2) is 9.80 Å². The number of carbonyl (C=O) groups is 1. The molecule has 8 nitrogen and oxygen atoms in total. The maximum atomic E-state index is 11.8. The zero-order chi connectivity index (χ0) is 24.9. The Balaban J connectivity index is 1.38. The Morgan fingerprint density at radius 3 is 2.71 bits per heavy atom. The lowest BCUT2D eigenvalue weighted by Crippen LogP contribution is -2.33. The van der Waals surface area contributed by atoms with Crippen LogP contribution < -0.4 is 4.90 Å². The van der Waals surface area contributed by atoms with E-state index in [1.807, 2.05) is 47.7 Å². The number of methoxy groups -OCH3 is 1. The molecule has 0 radical (unpaired) electrons. The fraction of sp³-hybridized carbons (Fsp3) is 0.240. The third kappa shape index (κ3) is 5.31. The molecule has 0 fully saturated rings. The Labute approximate surface area is 213 Å². The summed E-state index contributed by atoms with van der Waals surface area (Å²) in [5, 5.41) is 21.0. The van der Waals surface area contributed by atoms with Crippen LogP contribution in [0.1, 0.15) is 31.4 Å². The highest BCUT2D eigenvalue weighted by atomic mass is 35.5. The van der Waals surface area contributed by atoms with Crippen LogP contribution in [0, 0.1) is 0 Å². The number of hydrogen-bond donors (Lipinski definition) is 1. The number of oxime groups is 1. The summed E-state index contributed by atoms with van der Waals surface area (Å²) >= 11 is 7.74. The SMILES string of the molecule is COC(C)=C(C(=O)O)c1ccccc1CON=CCC1=C(C)SC2N1N=CN2c1ccc(Cl)cc1. The van der Waals surface area contributed by atoms with Gasteiger partial charge in [0.25, 0.3) is 0 Å². The lowest BCUT2D eigenvalue weighted by atomic mass is 9.99. The van der Waals surface area contributed by atoms with E-state index in [4.69, 9.17) is 21.2 Å². The Kier molecular flexibility index (Phi) is 7.67. The van der Waals surface area contributed by atoms with Crippen molar-refractivity contribution in [2.75, 3.05) is 12.0 Å². The fourth-order valence-corrected chi connectivity index (χ4v) is 5.14. The van der Waals surface area contributed by atoms with E-state index in [-0.39, 0.29) is 17.7 Å². The molecule has 0 spiro atoms. The number of rotatable bonds is 9. The third-order valence-electron chi connectivity index (χ3n) is 5.65. The number of allylic oxidation sites excluding steroid dienone is 3. The third-order valence-corrected chi connectivity index (χ3v) is 7.13. The first-order valence-electron chi connectivity index (χ1n) is 10.8. The Bertz CT molecular complexity index is 1230. The second kappa shape index (κ2) is 10.9. The number of hydrazone groups is 1. The molecule has 0 amide bonds. The lowest BCUT2D eigenvalue weighted by molar-refractivity contribution is -0.130. The standard InChI is InChI=1S/C25H25ClN4O4S/c1-16(33-3)23(24(31)32)21-7-5-4-6-18(21)14-34-28-13-12-22-17(2)35-25-29(15-27-30(22)25)20-10-8-19(26)9-11-20/h4-11,13,15,25H,12,14H2,1-3H3,(H,31,32). The van der Waals surface area contributed by atoms with Crippen molar-refractivity contribution in [2.24, 2.45) is 10.3 Å². The van der Waals surface area contributed by atoms with Gasteiger partial charge in [-0.05, 0) is 43.7 Å². The van der Waals surface area contributed by atoms with Crippen LogP contribution in [0.2, 0.25) is 5.02 Å². The Hall–Kier alpha value is -3.43.